The maximum atomic E-state index is 14.2. The molecule has 1 saturated heterocycles. The van der Waals surface area contributed by atoms with Gasteiger partial charge in [-0.15, -0.1) is 0 Å². The lowest BCUT2D eigenvalue weighted by Crippen LogP contribution is -2.52. The van der Waals surface area contributed by atoms with Gasteiger partial charge in [-0.25, -0.2) is 13.2 Å². The molecule has 1 spiro atoms. The van der Waals surface area contributed by atoms with Gasteiger partial charge in [-0.05, 0) is 32.3 Å². The smallest absolute Gasteiger partial charge is 0.274 e. The van der Waals surface area contributed by atoms with Gasteiger partial charge in [0, 0.05) is 43.4 Å². The summed E-state index contributed by atoms with van der Waals surface area (Å²) in [5, 5.41) is 6.48. The van der Waals surface area contributed by atoms with Crippen LogP contribution in [-0.2, 0) is 11.4 Å². The number of ether oxygens (including phenoxy) is 1. The minimum Gasteiger partial charge on any atom is -0.487 e. The molecule has 0 saturated carbocycles. The number of carbonyl (C=O) groups excluding carboxylic acids is 2. The largest absolute Gasteiger partial charge is 0.487 e. The normalized spacial score (nSPS) is 23.4. The monoisotopic (exact) mass is 560 g/mol. The third-order valence-electron chi connectivity index (χ3n) is 7.94. The van der Waals surface area contributed by atoms with Crippen LogP contribution in [0.3, 0.4) is 0 Å². The van der Waals surface area contributed by atoms with Crippen LogP contribution in [0.4, 0.5) is 13.2 Å². The Labute approximate surface area is 228 Å². The number of hydrogen-bond donors (Lipinski definition) is 1. The molecular weight excluding hydrogens is 529 g/mol. The Hall–Kier alpha value is -3.83. The van der Waals surface area contributed by atoms with Gasteiger partial charge in [0.05, 0.1) is 18.4 Å². The summed E-state index contributed by atoms with van der Waals surface area (Å²) in [5.74, 6) is -3.07. The number of pyridine rings is 1. The van der Waals surface area contributed by atoms with Crippen LogP contribution in [0.1, 0.15) is 78.4 Å². The molecule has 0 radical (unpaired) electrons. The Kier molecular flexibility index (Phi) is 7.61. The summed E-state index contributed by atoms with van der Waals surface area (Å²) in [6.45, 7) is 3.13. The molecule has 1 fully saturated rings. The van der Waals surface area contributed by atoms with Crippen LogP contribution in [0.25, 0.3) is 0 Å². The number of fused-ring (bicyclic) bond motifs is 5. The quantitative estimate of drug-likeness (QED) is 0.494. The van der Waals surface area contributed by atoms with E-state index in [1.54, 1.807) is 9.47 Å². The molecule has 3 aliphatic heterocycles. The first-order valence-electron chi connectivity index (χ1n) is 13.4. The van der Waals surface area contributed by atoms with E-state index in [4.69, 9.17) is 9.57 Å². The topological polar surface area (TPSA) is 102 Å². The molecule has 2 amide bonds. The van der Waals surface area contributed by atoms with Crippen LogP contribution in [0, 0.1) is 11.6 Å². The summed E-state index contributed by atoms with van der Waals surface area (Å²) in [6.07, 6.45) is 3.92. The van der Waals surface area contributed by atoms with Crippen molar-refractivity contribution in [3.05, 3.63) is 63.1 Å². The van der Waals surface area contributed by atoms with E-state index in [1.807, 2.05) is 13.8 Å². The Bertz CT molecular complexity index is 1430. The second-order valence-electron chi connectivity index (χ2n) is 10.6. The van der Waals surface area contributed by atoms with Crippen molar-refractivity contribution in [2.24, 2.45) is 5.16 Å². The minimum atomic E-state index is -0.985. The van der Waals surface area contributed by atoms with E-state index >= 15 is 0 Å². The van der Waals surface area contributed by atoms with Crippen molar-refractivity contribution in [1.29, 1.82) is 0 Å². The molecule has 1 aromatic carbocycles. The van der Waals surface area contributed by atoms with Crippen LogP contribution in [0.2, 0.25) is 0 Å². The number of amides is 2. The first-order valence-corrected chi connectivity index (χ1v) is 13.4. The van der Waals surface area contributed by atoms with Crippen molar-refractivity contribution in [2.75, 3.05) is 19.8 Å². The number of oxime groups is 1. The van der Waals surface area contributed by atoms with Gasteiger partial charge in [0.15, 0.2) is 17.0 Å². The molecule has 4 heterocycles. The van der Waals surface area contributed by atoms with Crippen LogP contribution < -0.4 is 15.5 Å². The summed E-state index contributed by atoms with van der Waals surface area (Å²) in [6, 6.07) is 2.19. The van der Waals surface area contributed by atoms with E-state index in [1.165, 1.54) is 12.3 Å². The summed E-state index contributed by atoms with van der Waals surface area (Å²) >= 11 is 0. The van der Waals surface area contributed by atoms with E-state index in [0.29, 0.717) is 25.3 Å². The highest BCUT2D eigenvalue weighted by molar-refractivity contribution is 5.99. The number of nitrogens with zero attached hydrogens (tertiary/aromatic N) is 3. The zero-order valence-corrected chi connectivity index (χ0v) is 22.3. The van der Waals surface area contributed by atoms with E-state index in [-0.39, 0.29) is 60.4 Å². The highest BCUT2D eigenvalue weighted by Gasteiger charge is 2.54. The molecule has 2 bridgehead atoms. The second-order valence-corrected chi connectivity index (χ2v) is 10.6. The molecule has 1 N–H and O–H groups in total. The number of carbonyl (C=O) groups is 2. The predicted octanol–water partition coefficient (Wildman–Crippen LogP) is 3.90. The van der Waals surface area contributed by atoms with Crippen molar-refractivity contribution in [3.63, 3.8) is 0 Å². The molecule has 3 aliphatic rings. The van der Waals surface area contributed by atoms with Gasteiger partial charge in [0.1, 0.15) is 23.9 Å². The van der Waals surface area contributed by atoms with Gasteiger partial charge in [-0.2, -0.15) is 0 Å². The summed E-state index contributed by atoms with van der Waals surface area (Å²) < 4.78 is 48.5. The first-order chi connectivity index (χ1) is 19.2. The van der Waals surface area contributed by atoms with Gasteiger partial charge >= 0.3 is 0 Å². The minimum absolute atomic E-state index is 0.00362. The lowest BCUT2D eigenvalue weighted by Gasteiger charge is -2.42. The van der Waals surface area contributed by atoms with E-state index < -0.39 is 47.2 Å². The second kappa shape index (κ2) is 11.0. The number of halogens is 3. The van der Waals surface area contributed by atoms with Crippen LogP contribution in [-0.4, -0.2) is 58.5 Å². The molecule has 9 nitrogen and oxygen atoms in total. The summed E-state index contributed by atoms with van der Waals surface area (Å²) in [4.78, 5) is 48.2. The molecule has 12 heteroatoms. The number of alkyl halides is 1. The predicted molar refractivity (Wildman–Crippen MR) is 139 cm³/mol. The number of rotatable bonds is 8. The Morgan fingerprint density at radius 2 is 2.10 bits per heavy atom. The lowest BCUT2D eigenvalue weighted by molar-refractivity contribution is -0.0656. The van der Waals surface area contributed by atoms with E-state index in [9.17, 15) is 27.6 Å². The number of nitrogens with one attached hydrogen (secondary N) is 1. The van der Waals surface area contributed by atoms with Gasteiger partial charge in [-0.3, -0.25) is 14.4 Å². The van der Waals surface area contributed by atoms with Crippen molar-refractivity contribution in [1.82, 2.24) is 14.8 Å². The van der Waals surface area contributed by atoms with Crippen molar-refractivity contribution in [3.8, 4) is 5.75 Å². The number of hydrogen-bond acceptors (Lipinski definition) is 6. The average Bonchev–Trinajstić information content (AvgIpc) is 3.31. The standard InChI is InChI=1S/C28H31F3N4O5/c1-3-4-9-39-25-23-27(38)34-15-22(28(8-7-16(34)2)11-19(12-29)33-40-28)35(23)14-20(24(25)36)26(37)32-13-17-5-6-18(30)10-21(17)31/h5-6,10,14,16,22H,3-4,7-9,11-13,15H2,1-2H3,(H,32,37)/t16-,22+,28+/m0/s1. The SMILES string of the molecule is CCCCOc1c2n(cc(C(=O)NCc3ccc(F)cc3F)c1=O)[C@@H]1CN(C2=O)[C@@H](C)CC[C@@]12CC(CF)=NO2. The summed E-state index contributed by atoms with van der Waals surface area (Å²) in [7, 11) is 0. The first kappa shape index (κ1) is 27.7. The fraction of sp³-hybridized carbons (Fsp3) is 0.500. The van der Waals surface area contributed by atoms with Crippen molar-refractivity contribution in [2.45, 2.75) is 70.2 Å². The lowest BCUT2D eigenvalue weighted by atomic mass is 9.84. The third kappa shape index (κ3) is 4.84. The number of aromatic nitrogens is 1. The van der Waals surface area contributed by atoms with E-state index in [2.05, 4.69) is 10.5 Å². The summed E-state index contributed by atoms with van der Waals surface area (Å²) in [5.41, 5.74) is -1.78. The average molecular weight is 561 g/mol. The fourth-order valence-corrected chi connectivity index (χ4v) is 5.63. The molecule has 0 unspecified atom stereocenters. The number of unbranched alkanes of at least 4 members (excludes halogenated alkanes) is 1. The van der Waals surface area contributed by atoms with Gasteiger partial charge in [0.2, 0.25) is 5.43 Å². The molecule has 5 rings (SSSR count). The Morgan fingerprint density at radius 1 is 1.30 bits per heavy atom. The molecule has 214 valence electrons. The van der Waals surface area contributed by atoms with Crippen LogP contribution in [0.5, 0.6) is 5.75 Å². The zero-order valence-electron chi connectivity index (χ0n) is 22.3. The molecule has 3 atom stereocenters. The zero-order chi connectivity index (χ0) is 28.6. The Morgan fingerprint density at radius 3 is 2.80 bits per heavy atom. The number of benzene rings is 1. The molecule has 2 aromatic rings. The van der Waals surface area contributed by atoms with Crippen molar-refractivity contribution >= 4 is 17.5 Å². The van der Waals surface area contributed by atoms with Gasteiger partial charge in [0.25, 0.3) is 11.8 Å². The highest BCUT2D eigenvalue weighted by atomic mass is 19.1. The van der Waals surface area contributed by atoms with E-state index in [0.717, 1.165) is 12.5 Å². The fourth-order valence-electron chi connectivity index (χ4n) is 5.63. The molecule has 1 aromatic heterocycles. The molecule has 40 heavy (non-hydrogen) atoms. The third-order valence-corrected chi connectivity index (χ3v) is 7.94. The van der Waals surface area contributed by atoms with Gasteiger partial charge < -0.3 is 24.4 Å². The highest BCUT2D eigenvalue weighted by Crippen LogP contribution is 2.46. The Balaban J connectivity index is 1.59. The molecular formula is C28H31F3N4O5. The molecule has 0 aliphatic carbocycles. The maximum Gasteiger partial charge on any atom is 0.274 e. The van der Waals surface area contributed by atoms with Crippen LogP contribution >= 0.6 is 0 Å². The van der Waals surface area contributed by atoms with Crippen LogP contribution in [0.15, 0.2) is 34.3 Å². The van der Waals surface area contributed by atoms with Crippen molar-refractivity contribution < 1.29 is 32.3 Å². The van der Waals surface area contributed by atoms with Gasteiger partial charge in [-0.1, -0.05) is 24.6 Å². The maximum absolute atomic E-state index is 14.2.